The first-order valence-corrected chi connectivity index (χ1v) is 10.8. The van der Waals surface area contributed by atoms with Gasteiger partial charge in [-0.3, -0.25) is 13.9 Å². The molecule has 3 aromatic heterocycles. The quantitative estimate of drug-likeness (QED) is 0.408. The molecular formula is C23H21F3N8O. The summed E-state index contributed by atoms with van der Waals surface area (Å²) in [6.45, 7) is 3.98. The predicted octanol–water partition coefficient (Wildman–Crippen LogP) is 4.19. The molecule has 4 aromatic rings. The molecule has 0 radical (unpaired) electrons. The lowest BCUT2D eigenvalue weighted by molar-refractivity contribution is -0.141. The fraction of sp³-hybridized carbons (Fsp3) is 0.261. The van der Waals surface area contributed by atoms with E-state index in [0.29, 0.717) is 35.7 Å². The molecule has 2 N–H and O–H groups in total. The highest BCUT2D eigenvalue weighted by molar-refractivity contribution is 5.96. The van der Waals surface area contributed by atoms with E-state index in [1.807, 2.05) is 19.9 Å². The number of amides is 1. The van der Waals surface area contributed by atoms with Gasteiger partial charge in [0.05, 0.1) is 23.5 Å². The third-order valence-electron chi connectivity index (χ3n) is 5.30. The van der Waals surface area contributed by atoms with Crippen LogP contribution in [0.4, 0.5) is 24.7 Å². The minimum absolute atomic E-state index is 0.155. The summed E-state index contributed by atoms with van der Waals surface area (Å²) in [6, 6.07) is 7.05. The van der Waals surface area contributed by atoms with Gasteiger partial charge >= 0.3 is 6.18 Å². The molecule has 3 heterocycles. The number of imidazole rings is 1. The summed E-state index contributed by atoms with van der Waals surface area (Å²) in [5.74, 6) is 0.163. The Morgan fingerprint density at radius 1 is 1.23 bits per heavy atom. The fourth-order valence-electron chi connectivity index (χ4n) is 3.76. The van der Waals surface area contributed by atoms with Gasteiger partial charge < -0.3 is 10.6 Å². The minimum Gasteiger partial charge on any atom is -0.352 e. The number of benzene rings is 1. The van der Waals surface area contributed by atoms with Crippen LogP contribution in [0, 0.1) is 11.3 Å². The van der Waals surface area contributed by atoms with E-state index in [-0.39, 0.29) is 23.7 Å². The maximum Gasteiger partial charge on any atom is 0.435 e. The molecule has 0 aliphatic heterocycles. The number of aromatic nitrogens is 5. The largest absolute Gasteiger partial charge is 0.435 e. The lowest BCUT2D eigenvalue weighted by atomic mass is 10.0. The topological polar surface area (TPSA) is 113 Å². The van der Waals surface area contributed by atoms with Gasteiger partial charge in [0, 0.05) is 36.4 Å². The molecule has 12 heteroatoms. The second-order valence-electron chi connectivity index (χ2n) is 7.57. The third-order valence-corrected chi connectivity index (χ3v) is 5.30. The van der Waals surface area contributed by atoms with Crippen molar-refractivity contribution in [3.8, 4) is 17.3 Å². The standard InChI is InChI=1S/C23H21F3N8O/c1-3-14-11-15(5-6-16(14)22(35)28-4-2)31-20-21-30-12-18(34(21)10-8-29-20)17-13-33(9-7-27)32-19(17)23(24,25)26/h5-6,8,10-13H,3-4,9H2,1-2H3,(H,28,35)(H,29,31). The number of rotatable bonds is 7. The van der Waals surface area contributed by atoms with Crippen LogP contribution in [-0.4, -0.2) is 36.6 Å². The van der Waals surface area contributed by atoms with Gasteiger partial charge in [-0.1, -0.05) is 6.92 Å². The SMILES string of the molecule is CCNC(=O)c1ccc(Nc2nccn3c(-c4cn(CC#N)nc4C(F)(F)F)cnc23)cc1CC. The minimum atomic E-state index is -4.71. The molecule has 0 aliphatic carbocycles. The highest BCUT2D eigenvalue weighted by atomic mass is 19.4. The Hall–Kier alpha value is -4.40. The zero-order valence-corrected chi connectivity index (χ0v) is 18.9. The first-order chi connectivity index (χ1) is 16.8. The Balaban J connectivity index is 1.73. The van der Waals surface area contributed by atoms with Crippen molar-refractivity contribution in [1.29, 1.82) is 5.26 Å². The molecule has 0 unspecified atom stereocenters. The van der Waals surface area contributed by atoms with Crippen LogP contribution in [0.3, 0.4) is 0 Å². The number of alkyl halides is 3. The van der Waals surface area contributed by atoms with Gasteiger partial charge in [0.2, 0.25) is 0 Å². The highest BCUT2D eigenvalue weighted by Crippen LogP contribution is 2.37. The van der Waals surface area contributed by atoms with E-state index < -0.39 is 11.9 Å². The normalized spacial score (nSPS) is 11.4. The molecule has 4 rings (SSSR count). The average molecular weight is 482 g/mol. The van der Waals surface area contributed by atoms with Crippen molar-refractivity contribution in [3.63, 3.8) is 0 Å². The number of nitrogens with zero attached hydrogens (tertiary/aromatic N) is 6. The molecule has 0 spiro atoms. The molecule has 1 aromatic carbocycles. The van der Waals surface area contributed by atoms with E-state index in [4.69, 9.17) is 5.26 Å². The summed E-state index contributed by atoms with van der Waals surface area (Å²) in [6.07, 6.45) is 1.34. The van der Waals surface area contributed by atoms with E-state index in [1.54, 1.807) is 18.2 Å². The van der Waals surface area contributed by atoms with Crippen LogP contribution in [0.5, 0.6) is 0 Å². The number of hydrogen-bond acceptors (Lipinski definition) is 6. The molecule has 9 nitrogen and oxygen atoms in total. The molecule has 1 amide bonds. The van der Waals surface area contributed by atoms with Crippen molar-refractivity contribution in [2.75, 3.05) is 11.9 Å². The third kappa shape index (κ3) is 4.65. The smallest absolute Gasteiger partial charge is 0.352 e. The molecule has 35 heavy (non-hydrogen) atoms. The Morgan fingerprint density at radius 2 is 2.03 bits per heavy atom. The van der Waals surface area contributed by atoms with Gasteiger partial charge in [0.1, 0.15) is 6.54 Å². The second kappa shape index (κ2) is 9.46. The van der Waals surface area contributed by atoms with Gasteiger partial charge in [-0.2, -0.15) is 23.5 Å². The number of halogens is 3. The summed E-state index contributed by atoms with van der Waals surface area (Å²) in [7, 11) is 0. The number of nitrogens with one attached hydrogen (secondary N) is 2. The predicted molar refractivity (Wildman–Crippen MR) is 122 cm³/mol. The number of nitriles is 1. The number of hydrogen-bond donors (Lipinski definition) is 2. The number of anilines is 2. The molecular weight excluding hydrogens is 461 g/mol. The maximum atomic E-state index is 13.6. The van der Waals surface area contributed by atoms with Crippen LogP contribution in [-0.2, 0) is 19.1 Å². The van der Waals surface area contributed by atoms with E-state index in [1.165, 1.54) is 29.2 Å². The monoisotopic (exact) mass is 482 g/mol. The van der Waals surface area contributed by atoms with E-state index in [2.05, 4.69) is 25.7 Å². The van der Waals surface area contributed by atoms with Gasteiger partial charge in [0.15, 0.2) is 17.2 Å². The fourth-order valence-corrected chi connectivity index (χ4v) is 3.76. The van der Waals surface area contributed by atoms with E-state index >= 15 is 0 Å². The van der Waals surface area contributed by atoms with Crippen molar-refractivity contribution >= 4 is 23.1 Å². The molecule has 0 saturated carbocycles. The van der Waals surface area contributed by atoms with Crippen molar-refractivity contribution in [2.45, 2.75) is 33.0 Å². The van der Waals surface area contributed by atoms with E-state index in [9.17, 15) is 18.0 Å². The van der Waals surface area contributed by atoms with Gasteiger partial charge in [-0.15, -0.1) is 0 Å². The molecule has 0 bridgehead atoms. The summed E-state index contributed by atoms with van der Waals surface area (Å²) in [5, 5.41) is 18.3. The van der Waals surface area contributed by atoms with Crippen molar-refractivity contribution in [3.05, 3.63) is 59.8 Å². The lowest BCUT2D eigenvalue weighted by Gasteiger charge is -2.12. The van der Waals surface area contributed by atoms with Gasteiger partial charge in [-0.05, 0) is 37.1 Å². The van der Waals surface area contributed by atoms with E-state index in [0.717, 1.165) is 10.2 Å². The van der Waals surface area contributed by atoms with Crippen LogP contribution < -0.4 is 10.6 Å². The first kappa shape index (κ1) is 23.7. The van der Waals surface area contributed by atoms with Gasteiger partial charge in [-0.25, -0.2) is 9.97 Å². The molecule has 0 saturated heterocycles. The number of carbonyl (C=O) groups is 1. The van der Waals surface area contributed by atoms with Crippen LogP contribution in [0.15, 0.2) is 43.0 Å². The van der Waals surface area contributed by atoms with Crippen LogP contribution in [0.1, 0.15) is 35.5 Å². The van der Waals surface area contributed by atoms with Crippen LogP contribution in [0.25, 0.3) is 16.9 Å². The number of fused-ring (bicyclic) bond motifs is 1. The van der Waals surface area contributed by atoms with Crippen molar-refractivity contribution < 1.29 is 18.0 Å². The van der Waals surface area contributed by atoms with Gasteiger partial charge in [0.25, 0.3) is 5.91 Å². The molecule has 180 valence electrons. The summed E-state index contributed by atoms with van der Waals surface area (Å²) >= 11 is 0. The summed E-state index contributed by atoms with van der Waals surface area (Å²) < 4.78 is 43.3. The lowest BCUT2D eigenvalue weighted by Crippen LogP contribution is -2.23. The maximum absolute atomic E-state index is 13.6. The zero-order valence-electron chi connectivity index (χ0n) is 18.9. The molecule has 0 fully saturated rings. The Labute approximate surface area is 198 Å². The van der Waals surface area contributed by atoms with Crippen LogP contribution in [0.2, 0.25) is 0 Å². The molecule has 0 aliphatic rings. The number of carbonyl (C=O) groups excluding carboxylic acids is 1. The van der Waals surface area contributed by atoms with Crippen molar-refractivity contribution in [2.24, 2.45) is 0 Å². The summed E-state index contributed by atoms with van der Waals surface area (Å²) in [4.78, 5) is 20.9. The Kier molecular flexibility index (Phi) is 6.42. The first-order valence-electron chi connectivity index (χ1n) is 10.8. The second-order valence-corrected chi connectivity index (χ2v) is 7.57. The van der Waals surface area contributed by atoms with Crippen molar-refractivity contribution in [1.82, 2.24) is 29.5 Å². The zero-order chi connectivity index (χ0) is 25.2. The highest BCUT2D eigenvalue weighted by Gasteiger charge is 2.38. The number of aryl methyl sites for hydroxylation is 1. The molecule has 0 atom stereocenters. The Bertz CT molecular complexity index is 1430. The van der Waals surface area contributed by atoms with Crippen LogP contribution >= 0.6 is 0 Å². The average Bonchev–Trinajstić information content (AvgIpc) is 3.44. The summed E-state index contributed by atoms with van der Waals surface area (Å²) in [5.41, 5.74) is 1.21. The Morgan fingerprint density at radius 3 is 2.71 bits per heavy atom.